The Morgan fingerprint density at radius 2 is 2.09 bits per heavy atom. The largest absolute Gasteiger partial charge is 1.00 e. The predicted octanol–water partition coefficient (Wildman–Crippen LogP) is 2.56. The molecular formula is C18H25KN2S-2. The summed E-state index contributed by atoms with van der Waals surface area (Å²) in [6, 6.07) is 6.46. The van der Waals surface area contributed by atoms with Gasteiger partial charge in [0.25, 0.3) is 0 Å². The zero-order valence-corrected chi connectivity index (χ0v) is 18.1. The first-order valence-electron chi connectivity index (χ1n) is 7.58. The molecule has 0 atom stereocenters. The average Bonchev–Trinajstić information content (AvgIpc) is 2.76. The zero-order chi connectivity index (χ0) is 15.2. The van der Waals surface area contributed by atoms with Crippen molar-refractivity contribution in [2.24, 2.45) is 0 Å². The number of benzene rings is 1. The molecule has 0 saturated heterocycles. The van der Waals surface area contributed by atoms with Crippen molar-refractivity contribution in [3.8, 4) is 0 Å². The van der Waals surface area contributed by atoms with Crippen LogP contribution in [0.5, 0.6) is 0 Å². The first-order valence-corrected chi connectivity index (χ1v) is 8.80. The number of aromatic amines is 1. The molecule has 0 bridgehead atoms. The van der Waals surface area contributed by atoms with Crippen molar-refractivity contribution >= 4 is 22.7 Å². The fourth-order valence-electron chi connectivity index (χ4n) is 2.68. The Balaban J connectivity index is 0.000000356. The maximum Gasteiger partial charge on any atom is 1.00 e. The fourth-order valence-corrected chi connectivity index (χ4v) is 3.33. The number of hydrogen-bond donors (Lipinski definition) is 1. The summed E-state index contributed by atoms with van der Waals surface area (Å²) in [4.78, 5) is 4.90. The molecule has 2 aromatic rings. The molecule has 0 spiro atoms. The quantitative estimate of drug-likeness (QED) is 0.517. The Kier molecular flexibility index (Phi) is 9.79. The number of hydrogen-bond acceptors (Lipinski definition) is 1. The van der Waals surface area contributed by atoms with Crippen LogP contribution in [0, 0.1) is 13.8 Å². The first-order chi connectivity index (χ1) is 10.2. The van der Waals surface area contributed by atoms with E-state index in [0.29, 0.717) is 0 Å². The van der Waals surface area contributed by atoms with Crippen LogP contribution in [-0.4, -0.2) is 24.8 Å². The maximum atomic E-state index is 4.28. The van der Waals surface area contributed by atoms with Crippen LogP contribution in [0.2, 0.25) is 0 Å². The summed E-state index contributed by atoms with van der Waals surface area (Å²) in [7, 11) is 1.80. The summed E-state index contributed by atoms with van der Waals surface area (Å²) in [6.07, 6.45) is 7.07. The normalized spacial score (nSPS) is 14.0. The number of rotatable bonds is 4. The van der Waals surface area contributed by atoms with Crippen LogP contribution in [0.1, 0.15) is 42.9 Å². The van der Waals surface area contributed by atoms with Gasteiger partial charge in [0.05, 0.1) is 0 Å². The molecule has 1 fully saturated rings. The minimum absolute atomic E-state index is 0. The van der Waals surface area contributed by atoms with Crippen molar-refractivity contribution in [2.75, 3.05) is 19.8 Å². The topological polar surface area (TPSA) is 29.9 Å². The van der Waals surface area contributed by atoms with E-state index in [2.05, 4.69) is 48.6 Å². The SMILES string of the molecule is [CH2-]CC[N-]C.[CH2-]c1c(C2CCC2)[nH]c2cccc(SC)c12.[K+]. The van der Waals surface area contributed by atoms with Gasteiger partial charge in [-0.1, -0.05) is 48.5 Å². The van der Waals surface area contributed by atoms with Gasteiger partial charge < -0.3 is 17.2 Å². The molecule has 1 saturated carbocycles. The van der Waals surface area contributed by atoms with E-state index in [9.17, 15) is 0 Å². The Morgan fingerprint density at radius 1 is 1.36 bits per heavy atom. The third-order valence-electron chi connectivity index (χ3n) is 4.04. The van der Waals surface area contributed by atoms with E-state index in [1.165, 1.54) is 46.3 Å². The van der Waals surface area contributed by atoms with Gasteiger partial charge in [-0.2, -0.15) is 26.1 Å². The number of nitrogens with one attached hydrogen (secondary N) is 1. The van der Waals surface area contributed by atoms with Gasteiger partial charge in [0.15, 0.2) is 0 Å². The van der Waals surface area contributed by atoms with Crippen molar-refractivity contribution in [3.63, 3.8) is 0 Å². The minimum Gasteiger partial charge on any atom is -0.667 e. The van der Waals surface area contributed by atoms with Crippen molar-refractivity contribution < 1.29 is 51.4 Å². The molecular weight excluding hydrogens is 315 g/mol. The van der Waals surface area contributed by atoms with Crippen molar-refractivity contribution in [2.45, 2.75) is 36.5 Å². The van der Waals surface area contributed by atoms with Crippen molar-refractivity contribution in [1.82, 2.24) is 4.98 Å². The summed E-state index contributed by atoms with van der Waals surface area (Å²) < 4.78 is 0. The number of thioether (sulfide) groups is 1. The fraction of sp³-hybridized carbons (Fsp3) is 0.444. The molecule has 1 aliphatic carbocycles. The second-order valence-corrected chi connectivity index (χ2v) is 6.27. The molecule has 3 rings (SSSR count). The molecule has 116 valence electrons. The summed E-state index contributed by atoms with van der Waals surface area (Å²) >= 11 is 1.80. The van der Waals surface area contributed by atoms with Crippen LogP contribution in [0.15, 0.2) is 23.1 Å². The smallest absolute Gasteiger partial charge is 0.667 e. The Bertz CT molecular complexity index is 574. The summed E-state index contributed by atoms with van der Waals surface area (Å²) in [5.74, 6) is 0.731. The average molecular weight is 341 g/mol. The number of nitrogens with zero attached hydrogens (tertiary/aromatic N) is 1. The second kappa shape index (κ2) is 10.4. The van der Waals surface area contributed by atoms with Gasteiger partial charge >= 0.3 is 51.4 Å². The molecule has 0 amide bonds. The van der Waals surface area contributed by atoms with E-state index in [-0.39, 0.29) is 51.4 Å². The van der Waals surface area contributed by atoms with Crippen LogP contribution in [0.3, 0.4) is 0 Å². The van der Waals surface area contributed by atoms with Gasteiger partial charge in [-0.05, 0) is 22.6 Å². The molecule has 1 heterocycles. The monoisotopic (exact) mass is 340 g/mol. The van der Waals surface area contributed by atoms with Crippen LogP contribution in [0.4, 0.5) is 0 Å². The van der Waals surface area contributed by atoms with Crippen LogP contribution >= 0.6 is 11.8 Å². The summed E-state index contributed by atoms with van der Waals surface area (Å²) in [5, 5.41) is 5.12. The maximum absolute atomic E-state index is 4.28. The van der Waals surface area contributed by atoms with E-state index >= 15 is 0 Å². The Hall–Kier alpha value is 0.576. The number of aromatic nitrogens is 1. The third-order valence-corrected chi connectivity index (χ3v) is 4.82. The van der Waals surface area contributed by atoms with Gasteiger partial charge in [-0.3, -0.25) is 0 Å². The molecule has 1 aromatic heterocycles. The summed E-state index contributed by atoms with van der Waals surface area (Å²) in [6.45, 7) is 8.76. The molecule has 2 nitrogen and oxygen atoms in total. The van der Waals surface area contributed by atoms with Crippen LogP contribution in [0.25, 0.3) is 16.2 Å². The third kappa shape index (κ3) is 4.79. The predicted molar refractivity (Wildman–Crippen MR) is 95.3 cm³/mol. The van der Waals surface area contributed by atoms with Gasteiger partial charge in [0.2, 0.25) is 0 Å². The second-order valence-electron chi connectivity index (χ2n) is 5.42. The molecule has 1 N–H and O–H groups in total. The number of fused-ring (bicyclic) bond motifs is 1. The van der Waals surface area contributed by atoms with Gasteiger partial charge in [0, 0.05) is 0 Å². The standard InChI is InChI=1S/C14H16NS.C4H9N.K/c1-9-13-11(7-4-8-12(13)16-2)15-14(9)10-5-3-6-10;1-3-4-5-2;/h4,7-8,10,15H,1,3,5-6H2,2H3;1,3-4H2,2H3;/q-1;-2;+1. The molecule has 4 heteroatoms. The van der Waals surface area contributed by atoms with E-state index < -0.39 is 0 Å². The molecule has 0 unspecified atom stereocenters. The molecule has 0 aliphatic heterocycles. The van der Waals surface area contributed by atoms with Gasteiger partial charge in [-0.15, -0.1) is 11.8 Å². The minimum atomic E-state index is 0. The zero-order valence-electron chi connectivity index (χ0n) is 14.1. The Morgan fingerprint density at radius 3 is 2.55 bits per heavy atom. The first kappa shape index (κ1) is 20.6. The van der Waals surface area contributed by atoms with E-state index in [0.717, 1.165) is 18.9 Å². The van der Waals surface area contributed by atoms with Gasteiger partial charge in [0.1, 0.15) is 0 Å². The van der Waals surface area contributed by atoms with Gasteiger partial charge in [-0.25, -0.2) is 6.42 Å². The van der Waals surface area contributed by atoms with Crippen molar-refractivity contribution in [1.29, 1.82) is 0 Å². The van der Waals surface area contributed by atoms with Crippen LogP contribution in [-0.2, 0) is 0 Å². The van der Waals surface area contributed by atoms with E-state index in [4.69, 9.17) is 0 Å². The van der Waals surface area contributed by atoms with Crippen molar-refractivity contribution in [3.05, 3.63) is 48.6 Å². The molecule has 1 aromatic carbocycles. The molecule has 22 heavy (non-hydrogen) atoms. The molecule has 0 radical (unpaired) electrons. The summed E-state index contributed by atoms with van der Waals surface area (Å²) in [5.41, 5.74) is 3.85. The molecule has 1 aliphatic rings. The van der Waals surface area contributed by atoms with Crippen LogP contribution < -0.4 is 51.4 Å². The number of H-pyrrole nitrogens is 1. The van der Waals surface area contributed by atoms with E-state index in [1.54, 1.807) is 18.8 Å². The van der Waals surface area contributed by atoms with E-state index in [1.807, 2.05) is 0 Å². The Labute approximate surface area is 182 Å².